The lowest BCUT2D eigenvalue weighted by Gasteiger charge is -2.08. The van der Waals surface area contributed by atoms with Gasteiger partial charge in [0.2, 0.25) is 0 Å². The molecule has 0 saturated carbocycles. The van der Waals surface area contributed by atoms with Crippen LogP contribution in [0.3, 0.4) is 0 Å². The second kappa shape index (κ2) is 9.72. The first-order valence-corrected chi connectivity index (χ1v) is 11.0. The number of hydrogen-bond acceptors (Lipinski definition) is 7. The summed E-state index contributed by atoms with van der Waals surface area (Å²) >= 11 is 0. The SMILES string of the molecule is Cn1cc(-c2ccc(CNc3cc(-c4cnc5cc(OCCCO)ccn45)ncn3)cc2)cn1. The highest BCUT2D eigenvalue weighted by atomic mass is 16.5. The summed E-state index contributed by atoms with van der Waals surface area (Å²) in [6, 6.07) is 14.1. The maximum atomic E-state index is 8.91. The molecule has 172 valence electrons. The van der Waals surface area contributed by atoms with Gasteiger partial charge in [-0.15, -0.1) is 0 Å². The molecule has 5 aromatic rings. The zero-order chi connectivity index (χ0) is 23.3. The lowest BCUT2D eigenvalue weighted by atomic mass is 10.1. The molecular weight excluding hydrogens is 430 g/mol. The number of aliphatic hydroxyl groups excluding tert-OH is 1. The van der Waals surface area contributed by atoms with E-state index >= 15 is 0 Å². The quantitative estimate of drug-likeness (QED) is 0.328. The van der Waals surface area contributed by atoms with Gasteiger partial charge in [-0.1, -0.05) is 24.3 Å². The molecule has 5 rings (SSSR count). The van der Waals surface area contributed by atoms with E-state index in [0.717, 1.165) is 45.3 Å². The fourth-order valence-electron chi connectivity index (χ4n) is 3.67. The number of aliphatic hydroxyl groups is 1. The van der Waals surface area contributed by atoms with Gasteiger partial charge in [-0.2, -0.15) is 5.10 Å². The van der Waals surface area contributed by atoms with Gasteiger partial charge >= 0.3 is 0 Å². The number of rotatable bonds is 9. The van der Waals surface area contributed by atoms with Crippen molar-refractivity contribution in [3.8, 4) is 28.3 Å². The number of aryl methyl sites for hydroxylation is 1. The molecule has 9 heteroatoms. The molecule has 0 aliphatic carbocycles. The van der Waals surface area contributed by atoms with Crippen LogP contribution in [-0.2, 0) is 13.6 Å². The molecule has 9 nitrogen and oxygen atoms in total. The molecule has 0 atom stereocenters. The van der Waals surface area contributed by atoms with Crippen LogP contribution >= 0.6 is 0 Å². The third kappa shape index (κ3) is 4.74. The van der Waals surface area contributed by atoms with Gasteiger partial charge < -0.3 is 15.2 Å². The molecule has 0 aliphatic rings. The summed E-state index contributed by atoms with van der Waals surface area (Å²) < 4.78 is 9.40. The lowest BCUT2D eigenvalue weighted by molar-refractivity contribution is 0.233. The van der Waals surface area contributed by atoms with E-state index in [2.05, 4.69) is 49.6 Å². The topological polar surface area (TPSA) is 102 Å². The Labute approximate surface area is 196 Å². The van der Waals surface area contributed by atoms with E-state index in [4.69, 9.17) is 9.84 Å². The molecular formula is C25H25N7O2. The summed E-state index contributed by atoms with van der Waals surface area (Å²) in [5.41, 5.74) is 5.78. The molecule has 4 aromatic heterocycles. The van der Waals surface area contributed by atoms with Crippen LogP contribution in [0.25, 0.3) is 28.2 Å². The minimum absolute atomic E-state index is 0.108. The Bertz CT molecular complexity index is 1390. The van der Waals surface area contributed by atoms with Crippen LogP contribution in [0.2, 0.25) is 0 Å². The van der Waals surface area contributed by atoms with E-state index in [-0.39, 0.29) is 6.61 Å². The Balaban J connectivity index is 1.28. The molecule has 0 saturated heterocycles. The second-order valence-corrected chi connectivity index (χ2v) is 7.90. The van der Waals surface area contributed by atoms with Gasteiger partial charge in [-0.05, 0) is 17.2 Å². The number of benzene rings is 1. The van der Waals surface area contributed by atoms with Crippen molar-refractivity contribution in [1.82, 2.24) is 29.1 Å². The first-order chi connectivity index (χ1) is 16.7. The zero-order valence-electron chi connectivity index (χ0n) is 18.8. The number of nitrogens with zero attached hydrogens (tertiary/aromatic N) is 6. The van der Waals surface area contributed by atoms with Crippen LogP contribution in [0.1, 0.15) is 12.0 Å². The fraction of sp³-hybridized carbons (Fsp3) is 0.200. The van der Waals surface area contributed by atoms with Crippen molar-refractivity contribution in [3.05, 3.63) is 79.1 Å². The maximum absolute atomic E-state index is 8.91. The Morgan fingerprint density at radius 3 is 2.68 bits per heavy atom. The van der Waals surface area contributed by atoms with E-state index in [1.165, 1.54) is 0 Å². The van der Waals surface area contributed by atoms with Gasteiger partial charge in [0.25, 0.3) is 0 Å². The Hall–Kier alpha value is -4.24. The minimum Gasteiger partial charge on any atom is -0.493 e. The van der Waals surface area contributed by atoms with E-state index in [9.17, 15) is 0 Å². The van der Waals surface area contributed by atoms with Crippen LogP contribution in [0, 0.1) is 0 Å². The molecule has 0 radical (unpaired) electrons. The lowest BCUT2D eigenvalue weighted by Crippen LogP contribution is -2.02. The smallest absolute Gasteiger partial charge is 0.140 e. The van der Waals surface area contributed by atoms with E-state index in [1.54, 1.807) is 17.2 Å². The van der Waals surface area contributed by atoms with Crippen molar-refractivity contribution in [3.63, 3.8) is 0 Å². The van der Waals surface area contributed by atoms with Crippen LogP contribution in [0.5, 0.6) is 5.75 Å². The standard InChI is InChI=1S/C25H25N7O2/c1-31-16-20(14-30-31)19-5-3-18(4-6-19)13-26-24-12-22(28-17-29-24)23-15-27-25-11-21(7-8-32(23)25)34-10-2-9-33/h3-8,11-12,14-17,33H,2,9-10,13H2,1H3,(H,26,28,29). The maximum Gasteiger partial charge on any atom is 0.140 e. The summed E-state index contributed by atoms with van der Waals surface area (Å²) in [5, 5.41) is 16.5. The molecule has 0 amide bonds. The normalized spacial score (nSPS) is 11.1. The third-order valence-electron chi connectivity index (χ3n) is 5.45. The second-order valence-electron chi connectivity index (χ2n) is 7.90. The van der Waals surface area contributed by atoms with Crippen molar-refractivity contribution in [2.45, 2.75) is 13.0 Å². The van der Waals surface area contributed by atoms with Crippen molar-refractivity contribution >= 4 is 11.5 Å². The number of aromatic nitrogens is 6. The van der Waals surface area contributed by atoms with Crippen molar-refractivity contribution in [2.75, 3.05) is 18.5 Å². The van der Waals surface area contributed by atoms with Gasteiger partial charge in [0.05, 0.1) is 30.4 Å². The minimum atomic E-state index is 0.108. The largest absolute Gasteiger partial charge is 0.493 e. The van der Waals surface area contributed by atoms with E-state index in [1.807, 2.05) is 48.2 Å². The van der Waals surface area contributed by atoms with E-state index in [0.29, 0.717) is 19.6 Å². The first kappa shape index (κ1) is 21.6. The number of ether oxygens (including phenoxy) is 1. The highest BCUT2D eigenvalue weighted by Crippen LogP contribution is 2.24. The molecule has 0 aliphatic heterocycles. The summed E-state index contributed by atoms with van der Waals surface area (Å²) in [5.74, 6) is 1.46. The molecule has 34 heavy (non-hydrogen) atoms. The van der Waals surface area contributed by atoms with Crippen molar-refractivity contribution in [2.24, 2.45) is 7.05 Å². The van der Waals surface area contributed by atoms with Crippen LogP contribution in [-0.4, -0.2) is 47.5 Å². The summed E-state index contributed by atoms with van der Waals surface area (Å²) in [6.45, 7) is 1.22. The summed E-state index contributed by atoms with van der Waals surface area (Å²) in [7, 11) is 1.91. The predicted octanol–water partition coefficient (Wildman–Crippen LogP) is 3.57. The molecule has 4 heterocycles. The van der Waals surface area contributed by atoms with Crippen LogP contribution < -0.4 is 10.1 Å². The number of imidazole rings is 1. The average Bonchev–Trinajstić information content (AvgIpc) is 3.49. The van der Waals surface area contributed by atoms with Gasteiger partial charge in [0.1, 0.15) is 23.5 Å². The Kier molecular flexibility index (Phi) is 6.17. The fourth-order valence-corrected chi connectivity index (χ4v) is 3.67. The molecule has 2 N–H and O–H groups in total. The number of fused-ring (bicyclic) bond motifs is 1. The van der Waals surface area contributed by atoms with Crippen LogP contribution in [0.4, 0.5) is 5.82 Å². The van der Waals surface area contributed by atoms with Crippen LogP contribution in [0.15, 0.2) is 73.6 Å². The number of pyridine rings is 1. The van der Waals surface area contributed by atoms with Gasteiger partial charge in [-0.3, -0.25) is 9.08 Å². The monoisotopic (exact) mass is 455 g/mol. The molecule has 0 bridgehead atoms. The number of anilines is 1. The third-order valence-corrected chi connectivity index (χ3v) is 5.45. The summed E-state index contributed by atoms with van der Waals surface area (Å²) in [4.78, 5) is 13.3. The first-order valence-electron chi connectivity index (χ1n) is 11.0. The molecule has 0 unspecified atom stereocenters. The van der Waals surface area contributed by atoms with E-state index < -0.39 is 0 Å². The highest BCUT2D eigenvalue weighted by Gasteiger charge is 2.10. The molecule has 0 fully saturated rings. The van der Waals surface area contributed by atoms with Gasteiger partial charge in [0, 0.05) is 56.7 Å². The van der Waals surface area contributed by atoms with Gasteiger partial charge in [-0.25, -0.2) is 15.0 Å². The average molecular weight is 456 g/mol. The Morgan fingerprint density at radius 1 is 1.00 bits per heavy atom. The molecule has 1 aromatic carbocycles. The van der Waals surface area contributed by atoms with Gasteiger partial charge in [0.15, 0.2) is 0 Å². The zero-order valence-corrected chi connectivity index (χ0v) is 18.8. The number of nitrogens with one attached hydrogen (secondary N) is 1. The van der Waals surface area contributed by atoms with Crippen molar-refractivity contribution in [1.29, 1.82) is 0 Å². The predicted molar refractivity (Wildman–Crippen MR) is 129 cm³/mol. The summed E-state index contributed by atoms with van der Waals surface area (Å²) in [6.07, 6.45) is 9.70. The number of hydrogen-bond donors (Lipinski definition) is 2. The Morgan fingerprint density at radius 2 is 1.88 bits per heavy atom. The van der Waals surface area contributed by atoms with Crippen molar-refractivity contribution < 1.29 is 9.84 Å². The highest BCUT2D eigenvalue weighted by molar-refractivity contribution is 5.64. The molecule has 0 spiro atoms.